The second kappa shape index (κ2) is 4.52. The first kappa shape index (κ1) is 9.60. The van der Waals surface area contributed by atoms with Gasteiger partial charge in [0.2, 0.25) is 0 Å². The van der Waals surface area contributed by atoms with Crippen LogP contribution < -0.4 is 0 Å². The summed E-state index contributed by atoms with van der Waals surface area (Å²) in [5.41, 5.74) is 1.54. The predicted molar refractivity (Wildman–Crippen MR) is 63.4 cm³/mol. The van der Waals surface area contributed by atoms with Crippen LogP contribution in [0.5, 0.6) is 0 Å². The molecule has 0 spiro atoms. The summed E-state index contributed by atoms with van der Waals surface area (Å²) in [5.74, 6) is 0. The van der Waals surface area contributed by atoms with Crippen LogP contribution in [0, 0.1) is 0 Å². The molecule has 0 bridgehead atoms. The van der Waals surface area contributed by atoms with E-state index in [9.17, 15) is 0 Å². The van der Waals surface area contributed by atoms with Gasteiger partial charge in [-0.25, -0.2) is 0 Å². The van der Waals surface area contributed by atoms with Crippen LogP contribution in [0.1, 0.15) is 19.8 Å². The summed E-state index contributed by atoms with van der Waals surface area (Å²) in [4.78, 5) is 2.80. The van der Waals surface area contributed by atoms with E-state index in [0.29, 0.717) is 0 Å². The van der Waals surface area contributed by atoms with Gasteiger partial charge in [-0.05, 0) is 29.9 Å². The third kappa shape index (κ3) is 2.30. The van der Waals surface area contributed by atoms with Crippen molar-refractivity contribution in [2.24, 2.45) is 0 Å². The Balaban J connectivity index is 1.96. The molecule has 1 aromatic carbocycles. The molecule has 0 nitrogen and oxygen atoms in total. The van der Waals surface area contributed by atoms with Gasteiger partial charge in [-0.1, -0.05) is 54.6 Å². The van der Waals surface area contributed by atoms with Crippen LogP contribution in [0.2, 0.25) is 0 Å². The SMILES string of the molecule is CCC1=CC=C(Sc2ccccc2)C1. The van der Waals surface area contributed by atoms with Gasteiger partial charge in [-0.2, -0.15) is 0 Å². The lowest BCUT2D eigenvalue weighted by Gasteiger charge is -2.03. The number of benzene rings is 1. The number of allylic oxidation sites excluding steroid dienone is 4. The summed E-state index contributed by atoms with van der Waals surface area (Å²) in [7, 11) is 0. The highest BCUT2D eigenvalue weighted by atomic mass is 32.2. The van der Waals surface area contributed by atoms with Crippen molar-refractivity contribution in [3.05, 3.63) is 53.0 Å². The molecule has 0 radical (unpaired) electrons. The molecule has 1 heteroatoms. The summed E-state index contributed by atoms with van der Waals surface area (Å²) >= 11 is 1.88. The van der Waals surface area contributed by atoms with Gasteiger partial charge < -0.3 is 0 Å². The van der Waals surface area contributed by atoms with Crippen LogP contribution in [0.4, 0.5) is 0 Å². The predicted octanol–water partition coefficient (Wildman–Crippen LogP) is 4.40. The third-order valence-corrected chi connectivity index (χ3v) is 3.40. The highest BCUT2D eigenvalue weighted by Crippen LogP contribution is 2.34. The molecule has 2 rings (SSSR count). The first-order valence-electron chi connectivity index (χ1n) is 5.00. The van der Waals surface area contributed by atoms with Crippen LogP contribution in [0.25, 0.3) is 0 Å². The lowest BCUT2D eigenvalue weighted by atomic mass is 10.2. The van der Waals surface area contributed by atoms with Crippen molar-refractivity contribution < 1.29 is 0 Å². The molecule has 0 N–H and O–H groups in total. The molecule has 1 aliphatic rings. The minimum Gasteiger partial charge on any atom is -0.0942 e. The normalized spacial score (nSPS) is 15.2. The summed E-state index contributed by atoms with van der Waals surface area (Å²) in [6, 6.07) is 10.6. The summed E-state index contributed by atoms with van der Waals surface area (Å²) in [6.07, 6.45) is 6.83. The highest BCUT2D eigenvalue weighted by molar-refractivity contribution is 8.03. The summed E-state index contributed by atoms with van der Waals surface area (Å²) in [6.45, 7) is 2.22. The number of rotatable bonds is 3. The fourth-order valence-corrected chi connectivity index (χ4v) is 2.49. The van der Waals surface area contributed by atoms with E-state index in [1.807, 2.05) is 11.8 Å². The van der Waals surface area contributed by atoms with Gasteiger partial charge in [0, 0.05) is 4.90 Å². The molecule has 72 valence electrons. The number of hydrogen-bond acceptors (Lipinski definition) is 1. The maximum absolute atomic E-state index is 2.26. The zero-order valence-electron chi connectivity index (χ0n) is 8.36. The van der Waals surface area contributed by atoms with E-state index in [-0.39, 0.29) is 0 Å². The Morgan fingerprint density at radius 3 is 2.57 bits per heavy atom. The van der Waals surface area contributed by atoms with Crippen LogP contribution in [0.3, 0.4) is 0 Å². The fraction of sp³-hybridized carbons (Fsp3) is 0.231. The van der Waals surface area contributed by atoms with Gasteiger partial charge in [-0.15, -0.1) is 0 Å². The first-order valence-corrected chi connectivity index (χ1v) is 5.81. The van der Waals surface area contributed by atoms with Crippen molar-refractivity contribution in [1.82, 2.24) is 0 Å². The zero-order valence-corrected chi connectivity index (χ0v) is 9.18. The van der Waals surface area contributed by atoms with Gasteiger partial charge in [0.1, 0.15) is 0 Å². The van der Waals surface area contributed by atoms with Crippen LogP contribution in [-0.2, 0) is 0 Å². The number of hydrogen-bond donors (Lipinski definition) is 0. The van der Waals surface area contributed by atoms with E-state index >= 15 is 0 Å². The molecule has 0 aliphatic heterocycles. The molecule has 0 fully saturated rings. The molecule has 0 amide bonds. The van der Waals surface area contributed by atoms with E-state index in [1.54, 1.807) is 5.57 Å². The molecule has 1 aliphatic carbocycles. The van der Waals surface area contributed by atoms with Crippen molar-refractivity contribution in [3.8, 4) is 0 Å². The molecule has 0 unspecified atom stereocenters. The van der Waals surface area contributed by atoms with Crippen LogP contribution in [-0.4, -0.2) is 0 Å². The Hall–Kier alpha value is -0.950. The number of thioether (sulfide) groups is 1. The van der Waals surface area contributed by atoms with Crippen LogP contribution >= 0.6 is 11.8 Å². The Kier molecular flexibility index (Phi) is 3.10. The average molecular weight is 202 g/mol. The second-order valence-corrected chi connectivity index (χ2v) is 4.60. The van der Waals surface area contributed by atoms with Crippen LogP contribution in [0.15, 0.2) is 57.9 Å². The lowest BCUT2D eigenvalue weighted by molar-refractivity contribution is 1.04. The first-order chi connectivity index (χ1) is 6.88. The van der Waals surface area contributed by atoms with Gasteiger partial charge in [0.25, 0.3) is 0 Å². The molecule has 0 aromatic heterocycles. The quantitative estimate of drug-likeness (QED) is 0.700. The lowest BCUT2D eigenvalue weighted by Crippen LogP contribution is -1.77. The Morgan fingerprint density at radius 1 is 1.14 bits per heavy atom. The van der Waals surface area contributed by atoms with Crippen molar-refractivity contribution in [1.29, 1.82) is 0 Å². The largest absolute Gasteiger partial charge is 0.0942 e. The summed E-state index contributed by atoms with van der Waals surface area (Å²) in [5, 5.41) is 0. The standard InChI is InChI=1S/C13H14S/c1-2-11-8-9-13(10-11)14-12-6-4-3-5-7-12/h3-9H,2,10H2,1H3. The smallest absolute Gasteiger partial charge is 0.0119 e. The van der Waals surface area contributed by atoms with Gasteiger partial charge in [-0.3, -0.25) is 0 Å². The van der Waals surface area contributed by atoms with E-state index in [2.05, 4.69) is 49.4 Å². The average Bonchev–Trinajstić information content (AvgIpc) is 2.67. The Bertz CT molecular complexity index is 360. The van der Waals surface area contributed by atoms with Crippen molar-refractivity contribution in [2.75, 3.05) is 0 Å². The van der Waals surface area contributed by atoms with Crippen molar-refractivity contribution in [2.45, 2.75) is 24.7 Å². The Morgan fingerprint density at radius 2 is 1.93 bits per heavy atom. The molecule has 0 saturated carbocycles. The van der Waals surface area contributed by atoms with E-state index < -0.39 is 0 Å². The Labute approximate surface area is 89.7 Å². The van der Waals surface area contributed by atoms with Gasteiger partial charge in [0.15, 0.2) is 0 Å². The molecule has 0 saturated heterocycles. The van der Waals surface area contributed by atoms with Crippen molar-refractivity contribution in [3.63, 3.8) is 0 Å². The van der Waals surface area contributed by atoms with Gasteiger partial charge >= 0.3 is 0 Å². The molecule has 0 heterocycles. The highest BCUT2D eigenvalue weighted by Gasteiger charge is 2.07. The molecular weight excluding hydrogens is 188 g/mol. The topological polar surface area (TPSA) is 0 Å². The molecule has 1 aromatic rings. The van der Waals surface area contributed by atoms with E-state index in [4.69, 9.17) is 0 Å². The molecule has 14 heavy (non-hydrogen) atoms. The minimum atomic E-state index is 1.15. The maximum atomic E-state index is 2.26. The van der Waals surface area contributed by atoms with Crippen molar-refractivity contribution >= 4 is 11.8 Å². The minimum absolute atomic E-state index is 1.15. The maximum Gasteiger partial charge on any atom is 0.0119 e. The zero-order chi connectivity index (χ0) is 9.80. The molecular formula is C13H14S. The van der Waals surface area contributed by atoms with E-state index in [1.165, 1.54) is 16.2 Å². The van der Waals surface area contributed by atoms with E-state index in [0.717, 1.165) is 6.42 Å². The third-order valence-electron chi connectivity index (χ3n) is 2.35. The summed E-state index contributed by atoms with van der Waals surface area (Å²) < 4.78 is 0. The fourth-order valence-electron chi connectivity index (χ4n) is 1.51. The van der Waals surface area contributed by atoms with Gasteiger partial charge in [0.05, 0.1) is 0 Å². The second-order valence-electron chi connectivity index (χ2n) is 3.40. The molecule has 0 atom stereocenters. The monoisotopic (exact) mass is 202 g/mol.